The molecule has 0 atom stereocenters. The van der Waals surface area contributed by atoms with Crippen LogP contribution >= 0.6 is 34.5 Å². The number of benzene rings is 2. The molecule has 28 heavy (non-hydrogen) atoms. The minimum atomic E-state index is -0.274. The summed E-state index contributed by atoms with van der Waals surface area (Å²) in [6, 6.07) is 13.1. The summed E-state index contributed by atoms with van der Waals surface area (Å²) in [6.45, 7) is 1.53. The largest absolute Gasteiger partial charge is 0.381 e. The summed E-state index contributed by atoms with van der Waals surface area (Å²) in [5.74, 6) is 0.157. The van der Waals surface area contributed by atoms with E-state index in [9.17, 15) is 4.79 Å². The Hall–Kier alpha value is -1.92. The average molecular weight is 433 g/mol. The number of amides is 1. The standard InChI is InChI=1S/C21H18Cl2N2O2S/c22-17-4-2-1-3-15(17)19-12-28-21(24-19)25-20(26)16-6-5-14(11-18(16)23)13-7-9-27-10-8-13/h1-6,11-13H,7-10H2,(H,24,25,26). The van der Waals surface area contributed by atoms with Gasteiger partial charge in [-0.15, -0.1) is 11.3 Å². The van der Waals surface area contributed by atoms with Crippen molar-refractivity contribution in [3.8, 4) is 11.3 Å². The number of rotatable bonds is 4. The Bertz CT molecular complexity index is 1000. The molecule has 2 aromatic carbocycles. The van der Waals surface area contributed by atoms with Gasteiger partial charge in [0.05, 0.1) is 16.3 Å². The Labute approximate surface area is 177 Å². The van der Waals surface area contributed by atoms with E-state index in [0.29, 0.717) is 26.7 Å². The van der Waals surface area contributed by atoms with Gasteiger partial charge >= 0.3 is 0 Å². The van der Waals surface area contributed by atoms with Crippen LogP contribution in [0.25, 0.3) is 11.3 Å². The van der Waals surface area contributed by atoms with Gasteiger partial charge in [0.2, 0.25) is 0 Å². The molecular weight excluding hydrogens is 415 g/mol. The van der Waals surface area contributed by atoms with Gasteiger partial charge in [-0.25, -0.2) is 4.98 Å². The molecule has 1 aliphatic rings. The highest BCUT2D eigenvalue weighted by Gasteiger charge is 2.19. The number of aromatic nitrogens is 1. The molecule has 2 heterocycles. The molecule has 4 rings (SSSR count). The first kappa shape index (κ1) is 19.4. The van der Waals surface area contributed by atoms with E-state index in [2.05, 4.69) is 10.3 Å². The Kier molecular flexibility index (Phi) is 5.97. The first-order valence-electron chi connectivity index (χ1n) is 9.01. The van der Waals surface area contributed by atoms with Crippen LogP contribution in [0.15, 0.2) is 47.8 Å². The maximum atomic E-state index is 12.7. The van der Waals surface area contributed by atoms with Crippen LogP contribution in [0.1, 0.15) is 34.7 Å². The highest BCUT2D eigenvalue weighted by atomic mass is 35.5. The Morgan fingerprint density at radius 1 is 1.11 bits per heavy atom. The van der Waals surface area contributed by atoms with E-state index in [4.69, 9.17) is 27.9 Å². The van der Waals surface area contributed by atoms with E-state index in [-0.39, 0.29) is 5.91 Å². The van der Waals surface area contributed by atoms with Gasteiger partial charge in [0.15, 0.2) is 5.13 Å². The molecule has 0 aliphatic carbocycles. The van der Waals surface area contributed by atoms with Crippen molar-refractivity contribution in [1.82, 2.24) is 4.98 Å². The van der Waals surface area contributed by atoms with Gasteiger partial charge < -0.3 is 4.74 Å². The zero-order valence-corrected chi connectivity index (χ0v) is 17.3. The van der Waals surface area contributed by atoms with Crippen molar-refractivity contribution in [2.75, 3.05) is 18.5 Å². The fraction of sp³-hybridized carbons (Fsp3) is 0.238. The van der Waals surface area contributed by atoms with Gasteiger partial charge in [-0.05, 0) is 42.5 Å². The van der Waals surface area contributed by atoms with Crippen molar-refractivity contribution >= 4 is 45.6 Å². The summed E-state index contributed by atoms with van der Waals surface area (Å²) in [6.07, 6.45) is 1.96. The number of ether oxygens (including phenoxy) is 1. The van der Waals surface area contributed by atoms with E-state index in [0.717, 1.165) is 42.9 Å². The number of nitrogens with one attached hydrogen (secondary N) is 1. The molecule has 0 bridgehead atoms. The summed E-state index contributed by atoms with van der Waals surface area (Å²) in [5, 5.41) is 6.27. The van der Waals surface area contributed by atoms with Crippen LogP contribution in [-0.2, 0) is 4.74 Å². The van der Waals surface area contributed by atoms with Gasteiger partial charge in [-0.2, -0.15) is 0 Å². The molecule has 1 aliphatic heterocycles. The third kappa shape index (κ3) is 4.23. The van der Waals surface area contributed by atoms with Crippen LogP contribution in [-0.4, -0.2) is 24.1 Å². The number of halogens is 2. The Morgan fingerprint density at radius 2 is 1.89 bits per heavy atom. The Morgan fingerprint density at radius 3 is 2.64 bits per heavy atom. The van der Waals surface area contributed by atoms with Crippen molar-refractivity contribution in [3.05, 3.63) is 69.0 Å². The molecule has 4 nitrogen and oxygen atoms in total. The van der Waals surface area contributed by atoms with E-state index in [1.807, 2.05) is 41.8 Å². The fourth-order valence-corrected chi connectivity index (χ4v) is 4.50. The third-order valence-electron chi connectivity index (χ3n) is 4.80. The predicted octanol–water partition coefficient (Wildman–Crippen LogP) is 6.26. The normalized spacial score (nSPS) is 14.8. The zero-order chi connectivity index (χ0) is 19.5. The van der Waals surface area contributed by atoms with E-state index in [1.54, 1.807) is 6.07 Å². The number of thiazole rings is 1. The highest BCUT2D eigenvalue weighted by Crippen LogP contribution is 2.32. The quantitative estimate of drug-likeness (QED) is 0.528. The van der Waals surface area contributed by atoms with Crippen LogP contribution in [0.4, 0.5) is 5.13 Å². The van der Waals surface area contributed by atoms with Crippen LogP contribution in [0, 0.1) is 0 Å². The van der Waals surface area contributed by atoms with Gasteiger partial charge in [0.25, 0.3) is 5.91 Å². The second-order valence-corrected chi connectivity index (χ2v) is 8.27. The first-order valence-corrected chi connectivity index (χ1v) is 10.6. The van der Waals surface area contributed by atoms with Crippen molar-refractivity contribution in [2.45, 2.75) is 18.8 Å². The van der Waals surface area contributed by atoms with Gasteiger partial charge in [-0.1, -0.05) is 47.5 Å². The molecule has 0 radical (unpaired) electrons. The molecule has 1 saturated heterocycles. The highest BCUT2D eigenvalue weighted by molar-refractivity contribution is 7.14. The minimum absolute atomic E-state index is 0.274. The molecule has 7 heteroatoms. The van der Waals surface area contributed by atoms with Crippen molar-refractivity contribution in [2.24, 2.45) is 0 Å². The van der Waals surface area contributed by atoms with E-state index >= 15 is 0 Å². The molecule has 1 fully saturated rings. The lowest BCUT2D eigenvalue weighted by atomic mass is 9.91. The molecule has 1 amide bonds. The summed E-state index contributed by atoms with van der Waals surface area (Å²) < 4.78 is 5.41. The zero-order valence-electron chi connectivity index (χ0n) is 15.0. The number of hydrogen-bond acceptors (Lipinski definition) is 4. The van der Waals surface area contributed by atoms with Gasteiger partial charge in [0, 0.05) is 29.2 Å². The molecule has 1 N–H and O–H groups in total. The van der Waals surface area contributed by atoms with E-state index < -0.39 is 0 Å². The number of carbonyl (C=O) groups is 1. The topological polar surface area (TPSA) is 51.2 Å². The molecule has 0 unspecified atom stereocenters. The maximum Gasteiger partial charge on any atom is 0.258 e. The number of nitrogens with zero attached hydrogens (tertiary/aromatic N) is 1. The molecule has 144 valence electrons. The number of hydrogen-bond donors (Lipinski definition) is 1. The number of anilines is 1. The minimum Gasteiger partial charge on any atom is -0.381 e. The van der Waals surface area contributed by atoms with Crippen LogP contribution < -0.4 is 5.32 Å². The van der Waals surface area contributed by atoms with Crippen LogP contribution in [0.2, 0.25) is 10.0 Å². The monoisotopic (exact) mass is 432 g/mol. The molecule has 3 aromatic rings. The SMILES string of the molecule is O=C(Nc1nc(-c2ccccc2Cl)cs1)c1ccc(C2CCOCC2)cc1Cl. The molecule has 0 spiro atoms. The van der Waals surface area contributed by atoms with Crippen molar-refractivity contribution in [1.29, 1.82) is 0 Å². The smallest absolute Gasteiger partial charge is 0.258 e. The molecule has 1 aromatic heterocycles. The van der Waals surface area contributed by atoms with E-state index in [1.165, 1.54) is 11.3 Å². The predicted molar refractivity (Wildman–Crippen MR) is 115 cm³/mol. The second-order valence-electron chi connectivity index (χ2n) is 6.60. The lowest BCUT2D eigenvalue weighted by molar-refractivity contribution is 0.0853. The van der Waals surface area contributed by atoms with Gasteiger partial charge in [0.1, 0.15) is 0 Å². The summed E-state index contributed by atoms with van der Waals surface area (Å²) in [4.78, 5) is 17.1. The maximum absolute atomic E-state index is 12.7. The fourth-order valence-electron chi connectivity index (χ4n) is 3.29. The summed E-state index contributed by atoms with van der Waals surface area (Å²) >= 11 is 14.0. The average Bonchev–Trinajstić information content (AvgIpc) is 3.17. The second kappa shape index (κ2) is 8.62. The summed E-state index contributed by atoms with van der Waals surface area (Å²) in [5.41, 5.74) is 3.15. The number of carbonyl (C=O) groups excluding carboxylic acids is 1. The first-order chi connectivity index (χ1) is 13.6. The van der Waals surface area contributed by atoms with Crippen molar-refractivity contribution < 1.29 is 9.53 Å². The third-order valence-corrected chi connectivity index (χ3v) is 6.20. The van der Waals surface area contributed by atoms with Crippen LogP contribution in [0.3, 0.4) is 0 Å². The Balaban J connectivity index is 1.49. The molecule has 0 saturated carbocycles. The summed E-state index contributed by atoms with van der Waals surface area (Å²) in [7, 11) is 0. The lowest BCUT2D eigenvalue weighted by Crippen LogP contribution is -2.15. The van der Waals surface area contributed by atoms with Crippen molar-refractivity contribution in [3.63, 3.8) is 0 Å². The molecular formula is C21H18Cl2N2O2S. The lowest BCUT2D eigenvalue weighted by Gasteiger charge is -2.22. The van der Waals surface area contributed by atoms with Crippen LogP contribution in [0.5, 0.6) is 0 Å². The van der Waals surface area contributed by atoms with Gasteiger partial charge in [-0.3, -0.25) is 10.1 Å².